The Labute approximate surface area is 96.6 Å². The molecule has 5 heteroatoms. The van der Waals surface area contributed by atoms with Gasteiger partial charge in [0, 0.05) is 17.3 Å². The molecule has 1 aliphatic heterocycles. The molecule has 1 atom stereocenters. The van der Waals surface area contributed by atoms with Crippen LogP contribution in [0.25, 0.3) is 0 Å². The van der Waals surface area contributed by atoms with Crippen molar-refractivity contribution >= 4 is 17.3 Å². The fourth-order valence-corrected chi connectivity index (χ4v) is 2.24. The SMILES string of the molecule is FC(F)(F)CC1CCNc2ccc(Cl)cc21. The monoisotopic (exact) mass is 249 g/mol. The van der Waals surface area contributed by atoms with Gasteiger partial charge in [0.25, 0.3) is 0 Å². The van der Waals surface area contributed by atoms with Crippen molar-refractivity contribution in [1.82, 2.24) is 0 Å². The summed E-state index contributed by atoms with van der Waals surface area (Å²) in [7, 11) is 0. The van der Waals surface area contributed by atoms with Gasteiger partial charge in [0.05, 0.1) is 6.42 Å². The number of fused-ring (bicyclic) bond motifs is 1. The van der Waals surface area contributed by atoms with Crippen molar-refractivity contribution in [2.24, 2.45) is 0 Å². The predicted molar refractivity (Wildman–Crippen MR) is 58.0 cm³/mol. The number of benzene rings is 1. The minimum absolute atomic E-state index is 0.477. The first-order valence-electron chi connectivity index (χ1n) is 5.06. The molecule has 1 unspecified atom stereocenters. The second kappa shape index (κ2) is 4.17. The smallest absolute Gasteiger partial charge is 0.385 e. The van der Waals surface area contributed by atoms with Gasteiger partial charge in [0.15, 0.2) is 0 Å². The fourth-order valence-electron chi connectivity index (χ4n) is 2.06. The maximum absolute atomic E-state index is 12.4. The Morgan fingerprint density at radius 2 is 2.12 bits per heavy atom. The predicted octanol–water partition coefficient (Wildman–Crippen LogP) is 4.19. The Hall–Kier alpha value is -0.900. The molecule has 16 heavy (non-hydrogen) atoms. The summed E-state index contributed by atoms with van der Waals surface area (Å²) in [5.74, 6) is -0.477. The molecule has 1 heterocycles. The maximum Gasteiger partial charge on any atom is 0.389 e. The second-order valence-electron chi connectivity index (χ2n) is 3.96. The van der Waals surface area contributed by atoms with Crippen LogP contribution in [0.2, 0.25) is 5.02 Å². The first kappa shape index (κ1) is 11.6. The molecule has 0 fully saturated rings. The average molecular weight is 250 g/mol. The number of halogens is 4. The van der Waals surface area contributed by atoms with Crippen molar-refractivity contribution in [1.29, 1.82) is 0 Å². The molecule has 0 saturated heterocycles. The van der Waals surface area contributed by atoms with Crippen LogP contribution in [0.15, 0.2) is 18.2 Å². The first-order valence-corrected chi connectivity index (χ1v) is 5.43. The van der Waals surface area contributed by atoms with Crippen LogP contribution in [0.3, 0.4) is 0 Å². The highest BCUT2D eigenvalue weighted by Gasteiger charge is 2.34. The second-order valence-corrected chi connectivity index (χ2v) is 4.40. The summed E-state index contributed by atoms with van der Waals surface area (Å²) in [4.78, 5) is 0. The van der Waals surface area contributed by atoms with E-state index < -0.39 is 18.5 Å². The van der Waals surface area contributed by atoms with E-state index in [0.717, 1.165) is 5.69 Å². The molecule has 0 bridgehead atoms. The number of hydrogen-bond acceptors (Lipinski definition) is 1. The summed E-state index contributed by atoms with van der Waals surface area (Å²) in [5.41, 5.74) is 1.45. The van der Waals surface area contributed by atoms with E-state index in [0.29, 0.717) is 23.6 Å². The molecule has 1 nitrogen and oxygen atoms in total. The molecule has 88 valence electrons. The molecule has 0 radical (unpaired) electrons. The van der Waals surface area contributed by atoms with Gasteiger partial charge in [-0.2, -0.15) is 13.2 Å². The number of nitrogens with one attached hydrogen (secondary N) is 1. The summed E-state index contributed by atoms with van der Waals surface area (Å²) in [6.07, 6.45) is -4.41. The third kappa shape index (κ3) is 2.61. The lowest BCUT2D eigenvalue weighted by molar-refractivity contribution is -0.139. The molecule has 1 aromatic carbocycles. The summed E-state index contributed by atoms with van der Waals surface area (Å²) < 4.78 is 37.1. The molecular weight excluding hydrogens is 239 g/mol. The normalized spacial score (nSPS) is 20.1. The average Bonchev–Trinajstić information content (AvgIpc) is 2.17. The van der Waals surface area contributed by atoms with Gasteiger partial charge < -0.3 is 5.32 Å². The molecule has 0 saturated carbocycles. The van der Waals surface area contributed by atoms with E-state index in [9.17, 15) is 13.2 Å². The van der Waals surface area contributed by atoms with E-state index in [4.69, 9.17) is 11.6 Å². The standard InChI is InChI=1S/C11H11ClF3N/c12-8-1-2-10-9(5-8)7(3-4-16-10)6-11(13,14)15/h1-2,5,7,16H,3-4,6H2. The highest BCUT2D eigenvalue weighted by atomic mass is 35.5. The summed E-state index contributed by atoms with van der Waals surface area (Å²) >= 11 is 5.80. The van der Waals surface area contributed by atoms with E-state index in [2.05, 4.69) is 5.32 Å². The molecule has 0 aliphatic carbocycles. The summed E-state index contributed by atoms with van der Waals surface area (Å²) in [6.45, 7) is 0.579. The lowest BCUT2D eigenvalue weighted by Crippen LogP contribution is -2.21. The van der Waals surface area contributed by atoms with Crippen LogP contribution in [-0.2, 0) is 0 Å². The van der Waals surface area contributed by atoms with Crippen LogP contribution >= 0.6 is 11.6 Å². The summed E-state index contributed by atoms with van der Waals surface area (Å²) in [5, 5.41) is 3.56. The van der Waals surface area contributed by atoms with Crippen molar-refractivity contribution in [3.8, 4) is 0 Å². The van der Waals surface area contributed by atoms with Crippen molar-refractivity contribution in [3.05, 3.63) is 28.8 Å². The summed E-state index contributed by atoms with van der Waals surface area (Å²) in [6, 6.07) is 5.04. The minimum Gasteiger partial charge on any atom is -0.385 e. The quantitative estimate of drug-likeness (QED) is 0.787. The largest absolute Gasteiger partial charge is 0.389 e. The molecule has 0 amide bonds. The van der Waals surface area contributed by atoms with Gasteiger partial charge in [0.1, 0.15) is 0 Å². The highest BCUT2D eigenvalue weighted by Crippen LogP contribution is 2.40. The van der Waals surface area contributed by atoms with Crippen LogP contribution in [-0.4, -0.2) is 12.7 Å². The third-order valence-corrected chi connectivity index (χ3v) is 2.97. The zero-order valence-electron chi connectivity index (χ0n) is 8.44. The van der Waals surface area contributed by atoms with Gasteiger partial charge in [-0.3, -0.25) is 0 Å². The highest BCUT2D eigenvalue weighted by molar-refractivity contribution is 6.30. The van der Waals surface area contributed by atoms with Gasteiger partial charge >= 0.3 is 6.18 Å². The van der Waals surface area contributed by atoms with Crippen molar-refractivity contribution in [2.45, 2.75) is 24.9 Å². The molecule has 1 aromatic rings. The Kier molecular flexibility index (Phi) is 3.02. The van der Waals surface area contributed by atoms with E-state index in [1.807, 2.05) is 0 Å². The van der Waals surface area contributed by atoms with Gasteiger partial charge in [0.2, 0.25) is 0 Å². The minimum atomic E-state index is -4.12. The van der Waals surface area contributed by atoms with Crippen molar-refractivity contribution in [2.75, 3.05) is 11.9 Å². The van der Waals surface area contributed by atoms with Gasteiger partial charge in [-0.15, -0.1) is 0 Å². The van der Waals surface area contributed by atoms with E-state index in [1.54, 1.807) is 18.2 Å². The van der Waals surface area contributed by atoms with Gasteiger partial charge in [-0.05, 0) is 36.1 Å². The number of rotatable bonds is 1. The fraction of sp³-hybridized carbons (Fsp3) is 0.455. The first-order chi connectivity index (χ1) is 7.46. The molecule has 0 aromatic heterocycles. The van der Waals surface area contributed by atoms with Crippen LogP contribution in [0.5, 0.6) is 0 Å². The maximum atomic E-state index is 12.4. The Morgan fingerprint density at radius 1 is 1.38 bits per heavy atom. The molecule has 1 aliphatic rings. The van der Waals surface area contributed by atoms with Crippen LogP contribution in [0, 0.1) is 0 Å². The van der Waals surface area contributed by atoms with Crippen LogP contribution in [0.1, 0.15) is 24.3 Å². The van der Waals surface area contributed by atoms with Crippen molar-refractivity contribution in [3.63, 3.8) is 0 Å². The molecule has 1 N–H and O–H groups in total. The van der Waals surface area contributed by atoms with E-state index >= 15 is 0 Å². The lowest BCUT2D eigenvalue weighted by atomic mass is 9.88. The Bertz CT molecular complexity index is 389. The van der Waals surface area contributed by atoms with Gasteiger partial charge in [-0.1, -0.05) is 11.6 Å². The zero-order chi connectivity index (χ0) is 11.8. The van der Waals surface area contributed by atoms with Gasteiger partial charge in [-0.25, -0.2) is 0 Å². The van der Waals surface area contributed by atoms with Crippen LogP contribution in [0.4, 0.5) is 18.9 Å². The topological polar surface area (TPSA) is 12.0 Å². The molecule has 0 spiro atoms. The van der Waals surface area contributed by atoms with Crippen LogP contribution < -0.4 is 5.32 Å². The number of anilines is 1. The Balaban J connectivity index is 2.28. The third-order valence-electron chi connectivity index (χ3n) is 2.74. The van der Waals surface area contributed by atoms with E-state index in [1.165, 1.54) is 0 Å². The molecular formula is C11H11ClF3N. The zero-order valence-corrected chi connectivity index (χ0v) is 9.20. The molecule has 2 rings (SSSR count). The number of hydrogen-bond donors (Lipinski definition) is 1. The Morgan fingerprint density at radius 3 is 2.81 bits per heavy atom. The number of alkyl halides is 3. The van der Waals surface area contributed by atoms with E-state index in [-0.39, 0.29) is 0 Å². The van der Waals surface area contributed by atoms with Crippen molar-refractivity contribution < 1.29 is 13.2 Å². The lowest BCUT2D eigenvalue weighted by Gasteiger charge is -2.27.